The molecule has 0 saturated heterocycles. The van der Waals surface area contributed by atoms with Gasteiger partial charge in [-0.1, -0.05) is 44.0 Å². The van der Waals surface area contributed by atoms with E-state index in [1.165, 1.54) is 6.07 Å². The highest BCUT2D eigenvalue weighted by atomic mass is 79.9. The first-order valence-corrected chi connectivity index (χ1v) is 7.49. The van der Waals surface area contributed by atoms with Gasteiger partial charge in [-0.25, -0.2) is 4.39 Å². The Morgan fingerprint density at radius 3 is 2.16 bits per heavy atom. The van der Waals surface area contributed by atoms with Crippen LogP contribution in [0.4, 0.5) is 4.39 Å². The molecule has 0 bridgehead atoms. The van der Waals surface area contributed by atoms with Gasteiger partial charge in [0.05, 0.1) is 6.04 Å². The second-order valence-electron chi connectivity index (χ2n) is 4.43. The quantitative estimate of drug-likeness (QED) is 0.785. The summed E-state index contributed by atoms with van der Waals surface area (Å²) in [6.45, 7) is 1.78. The van der Waals surface area contributed by atoms with Crippen LogP contribution in [-0.4, -0.2) is 7.05 Å². The van der Waals surface area contributed by atoms with Crippen LogP contribution in [0.1, 0.15) is 22.7 Å². The van der Waals surface area contributed by atoms with Gasteiger partial charge in [-0.2, -0.15) is 0 Å². The second kappa shape index (κ2) is 6.16. The molecule has 0 fully saturated rings. The van der Waals surface area contributed by atoms with E-state index in [9.17, 15) is 4.39 Å². The first kappa shape index (κ1) is 14.7. The molecule has 0 spiro atoms. The first-order valence-electron chi connectivity index (χ1n) is 5.90. The molecule has 4 heteroatoms. The van der Waals surface area contributed by atoms with Crippen molar-refractivity contribution in [1.29, 1.82) is 0 Å². The fourth-order valence-electron chi connectivity index (χ4n) is 2.12. The fraction of sp³-hybridized carbons (Fsp3) is 0.200. The molecule has 1 atom stereocenters. The third-order valence-corrected chi connectivity index (χ3v) is 3.94. The molecule has 2 aromatic rings. The minimum absolute atomic E-state index is 0.0353. The van der Waals surface area contributed by atoms with Gasteiger partial charge in [0.1, 0.15) is 5.82 Å². The maximum absolute atomic E-state index is 13.4. The highest BCUT2D eigenvalue weighted by Gasteiger charge is 2.14. The van der Waals surface area contributed by atoms with Gasteiger partial charge in [-0.3, -0.25) is 0 Å². The Labute approximate surface area is 129 Å². The summed E-state index contributed by atoms with van der Waals surface area (Å²) in [4.78, 5) is 0. The summed E-state index contributed by atoms with van der Waals surface area (Å²) < 4.78 is 15.4. The maximum atomic E-state index is 13.4. The number of hydrogen-bond donors (Lipinski definition) is 1. The van der Waals surface area contributed by atoms with E-state index < -0.39 is 0 Å². The van der Waals surface area contributed by atoms with Crippen molar-refractivity contribution in [2.75, 3.05) is 7.05 Å². The van der Waals surface area contributed by atoms with Crippen LogP contribution in [0, 0.1) is 12.7 Å². The molecular formula is C15H14Br2FN. The Morgan fingerprint density at radius 1 is 1.00 bits per heavy atom. The summed E-state index contributed by atoms with van der Waals surface area (Å²) in [5, 5.41) is 3.27. The molecule has 100 valence electrons. The van der Waals surface area contributed by atoms with Gasteiger partial charge in [-0.15, -0.1) is 0 Å². The molecule has 0 aliphatic heterocycles. The lowest BCUT2D eigenvalue weighted by Gasteiger charge is -2.18. The molecule has 0 aliphatic carbocycles. The topological polar surface area (TPSA) is 12.0 Å². The van der Waals surface area contributed by atoms with Crippen molar-refractivity contribution in [2.24, 2.45) is 0 Å². The zero-order valence-corrected chi connectivity index (χ0v) is 13.8. The molecule has 1 N–H and O–H groups in total. The molecular weight excluding hydrogens is 373 g/mol. The van der Waals surface area contributed by atoms with Crippen molar-refractivity contribution in [1.82, 2.24) is 5.32 Å². The van der Waals surface area contributed by atoms with Crippen LogP contribution >= 0.6 is 31.9 Å². The Bertz CT molecular complexity index is 578. The van der Waals surface area contributed by atoms with Crippen molar-refractivity contribution in [2.45, 2.75) is 13.0 Å². The molecule has 0 radical (unpaired) electrons. The summed E-state index contributed by atoms with van der Waals surface area (Å²) >= 11 is 6.98. The van der Waals surface area contributed by atoms with Gasteiger partial charge >= 0.3 is 0 Å². The molecule has 2 aromatic carbocycles. The number of nitrogens with one attached hydrogen (secondary N) is 1. The molecule has 0 aromatic heterocycles. The van der Waals surface area contributed by atoms with Crippen molar-refractivity contribution in [3.05, 3.63) is 67.9 Å². The third-order valence-electron chi connectivity index (χ3n) is 3.02. The predicted octanol–water partition coefficient (Wildman–Crippen LogP) is 4.97. The third kappa shape index (κ3) is 3.44. The Balaban J connectivity index is 2.46. The minimum atomic E-state index is -0.172. The molecule has 0 aliphatic rings. The van der Waals surface area contributed by atoms with E-state index in [1.54, 1.807) is 6.92 Å². The van der Waals surface area contributed by atoms with Crippen LogP contribution in [0.3, 0.4) is 0 Å². The predicted molar refractivity (Wildman–Crippen MR) is 83.9 cm³/mol. The van der Waals surface area contributed by atoms with Crippen LogP contribution in [0.25, 0.3) is 0 Å². The van der Waals surface area contributed by atoms with Crippen molar-refractivity contribution < 1.29 is 4.39 Å². The fourth-order valence-corrected chi connectivity index (χ4v) is 3.44. The normalized spacial score (nSPS) is 12.5. The summed E-state index contributed by atoms with van der Waals surface area (Å²) in [6, 6.07) is 11.4. The van der Waals surface area contributed by atoms with E-state index in [1.807, 2.05) is 25.2 Å². The van der Waals surface area contributed by atoms with Crippen molar-refractivity contribution in [3.8, 4) is 0 Å². The van der Waals surface area contributed by atoms with Crippen LogP contribution < -0.4 is 5.32 Å². The monoisotopic (exact) mass is 385 g/mol. The number of hydrogen-bond acceptors (Lipinski definition) is 1. The molecule has 19 heavy (non-hydrogen) atoms. The van der Waals surface area contributed by atoms with Gasteiger partial charge < -0.3 is 5.32 Å². The highest BCUT2D eigenvalue weighted by Crippen LogP contribution is 2.28. The first-order chi connectivity index (χ1) is 9.01. The van der Waals surface area contributed by atoms with Crippen LogP contribution in [-0.2, 0) is 0 Å². The average molecular weight is 387 g/mol. The van der Waals surface area contributed by atoms with Crippen molar-refractivity contribution >= 4 is 31.9 Å². The average Bonchev–Trinajstić information content (AvgIpc) is 2.33. The molecule has 2 rings (SSSR count). The lowest BCUT2D eigenvalue weighted by molar-refractivity contribution is 0.614. The standard InChI is InChI=1S/C15H14Br2FN/c1-9-5-10(3-4-14(9)18)15(19-2)11-6-12(16)8-13(17)7-11/h3-8,15,19H,1-2H3. The van der Waals surface area contributed by atoms with E-state index in [0.29, 0.717) is 5.56 Å². The molecule has 1 unspecified atom stereocenters. The van der Waals surface area contributed by atoms with E-state index in [-0.39, 0.29) is 11.9 Å². The summed E-state index contributed by atoms with van der Waals surface area (Å²) in [5.41, 5.74) is 2.83. The van der Waals surface area contributed by atoms with E-state index >= 15 is 0 Å². The van der Waals surface area contributed by atoms with Crippen LogP contribution in [0.2, 0.25) is 0 Å². The molecule has 0 amide bonds. The number of rotatable bonds is 3. The maximum Gasteiger partial charge on any atom is 0.126 e. The van der Waals surface area contributed by atoms with E-state index in [0.717, 1.165) is 20.1 Å². The van der Waals surface area contributed by atoms with Crippen LogP contribution in [0.5, 0.6) is 0 Å². The lowest BCUT2D eigenvalue weighted by atomic mass is 9.97. The molecule has 0 heterocycles. The van der Waals surface area contributed by atoms with Gasteiger partial charge in [0.25, 0.3) is 0 Å². The summed E-state index contributed by atoms with van der Waals surface area (Å²) in [6.07, 6.45) is 0. The van der Waals surface area contributed by atoms with E-state index in [2.05, 4.69) is 49.3 Å². The minimum Gasteiger partial charge on any atom is -0.309 e. The van der Waals surface area contributed by atoms with Gasteiger partial charge in [0, 0.05) is 8.95 Å². The number of benzene rings is 2. The smallest absolute Gasteiger partial charge is 0.126 e. The van der Waals surface area contributed by atoms with Crippen LogP contribution in [0.15, 0.2) is 45.3 Å². The summed E-state index contributed by atoms with van der Waals surface area (Å²) in [7, 11) is 1.90. The number of halogens is 3. The van der Waals surface area contributed by atoms with Crippen molar-refractivity contribution in [3.63, 3.8) is 0 Å². The Morgan fingerprint density at radius 2 is 1.63 bits per heavy atom. The van der Waals surface area contributed by atoms with E-state index in [4.69, 9.17) is 0 Å². The Hall–Kier alpha value is -0.710. The lowest BCUT2D eigenvalue weighted by Crippen LogP contribution is -2.18. The largest absolute Gasteiger partial charge is 0.309 e. The zero-order valence-electron chi connectivity index (χ0n) is 10.7. The summed E-state index contributed by atoms with van der Waals surface area (Å²) in [5.74, 6) is -0.172. The second-order valence-corrected chi connectivity index (χ2v) is 6.26. The highest BCUT2D eigenvalue weighted by molar-refractivity contribution is 9.11. The van der Waals surface area contributed by atoms with Gasteiger partial charge in [-0.05, 0) is 54.9 Å². The van der Waals surface area contributed by atoms with Gasteiger partial charge in [0.15, 0.2) is 0 Å². The number of aryl methyl sites for hydroxylation is 1. The molecule has 0 saturated carbocycles. The SMILES string of the molecule is CNC(c1cc(Br)cc(Br)c1)c1ccc(F)c(C)c1. The van der Waals surface area contributed by atoms with Gasteiger partial charge in [0.2, 0.25) is 0 Å². The Kier molecular flexibility index (Phi) is 4.76. The molecule has 1 nitrogen and oxygen atoms in total. The zero-order chi connectivity index (χ0) is 14.0.